The number of rotatable bonds is 6. The normalized spacial score (nSPS) is 16.2. The van der Waals surface area contributed by atoms with E-state index in [0.29, 0.717) is 18.3 Å². The highest BCUT2D eigenvalue weighted by Crippen LogP contribution is 2.39. The van der Waals surface area contributed by atoms with E-state index >= 15 is 0 Å². The van der Waals surface area contributed by atoms with E-state index < -0.39 is 0 Å². The fourth-order valence-electron chi connectivity index (χ4n) is 3.72. The lowest BCUT2D eigenvalue weighted by atomic mass is 10.00. The molecule has 1 aromatic carbocycles. The molecule has 2 aromatic heterocycles. The second-order valence-electron chi connectivity index (χ2n) is 7.38. The molecule has 3 aromatic rings. The summed E-state index contributed by atoms with van der Waals surface area (Å²) in [7, 11) is 0. The third-order valence-electron chi connectivity index (χ3n) is 5.37. The Balaban J connectivity index is 1.25. The summed E-state index contributed by atoms with van der Waals surface area (Å²) in [4.78, 5) is 16.1. The number of hydrogen-bond acceptors (Lipinski definition) is 5. The van der Waals surface area contributed by atoms with Gasteiger partial charge in [-0.15, -0.1) is 21.5 Å². The maximum Gasteiger partial charge on any atom is 0.233 e. The van der Waals surface area contributed by atoms with Crippen molar-refractivity contribution < 1.29 is 4.79 Å². The Morgan fingerprint density at radius 1 is 1.14 bits per heavy atom. The Labute approximate surface area is 172 Å². The number of carbonyl (C=O) groups is 1. The molecule has 1 saturated carbocycles. The third kappa shape index (κ3) is 3.73. The Bertz CT molecular complexity index is 978. The van der Waals surface area contributed by atoms with E-state index in [-0.39, 0.29) is 5.91 Å². The van der Waals surface area contributed by atoms with Gasteiger partial charge < -0.3 is 9.47 Å². The number of thiophene rings is 1. The summed E-state index contributed by atoms with van der Waals surface area (Å²) in [5, 5.41) is 11.9. The zero-order valence-electron chi connectivity index (χ0n) is 15.6. The maximum atomic E-state index is 12.8. The number of nitrogens with zero attached hydrogens (tertiary/aromatic N) is 4. The van der Waals surface area contributed by atoms with Gasteiger partial charge in [0.25, 0.3) is 0 Å². The minimum atomic E-state index is 0.185. The minimum Gasteiger partial charge on any atom is -0.337 e. The molecule has 7 heteroatoms. The highest BCUT2D eigenvalue weighted by atomic mass is 32.2. The maximum absolute atomic E-state index is 12.8. The van der Waals surface area contributed by atoms with Gasteiger partial charge in [0.15, 0.2) is 5.16 Å². The molecule has 0 atom stereocenters. The van der Waals surface area contributed by atoms with E-state index in [1.165, 1.54) is 40.6 Å². The number of amides is 1. The quantitative estimate of drug-likeness (QED) is 0.578. The average Bonchev–Trinajstić information content (AvgIpc) is 3.28. The molecule has 1 aliphatic heterocycles. The van der Waals surface area contributed by atoms with Crippen molar-refractivity contribution in [1.82, 2.24) is 19.7 Å². The summed E-state index contributed by atoms with van der Waals surface area (Å²) in [6.07, 6.45) is 4.12. The molecule has 0 spiro atoms. The molecule has 0 bridgehead atoms. The van der Waals surface area contributed by atoms with Gasteiger partial charge in [-0.3, -0.25) is 4.79 Å². The van der Waals surface area contributed by atoms with E-state index in [4.69, 9.17) is 0 Å². The van der Waals surface area contributed by atoms with Crippen LogP contribution in [0.1, 0.15) is 40.7 Å². The highest BCUT2D eigenvalue weighted by Gasteiger charge is 2.30. The molecular formula is C21H22N4OS2. The Morgan fingerprint density at radius 2 is 2.00 bits per heavy atom. The van der Waals surface area contributed by atoms with Crippen LogP contribution in [-0.2, 0) is 24.2 Å². The highest BCUT2D eigenvalue weighted by molar-refractivity contribution is 7.99. The van der Waals surface area contributed by atoms with E-state index in [1.54, 1.807) is 11.3 Å². The van der Waals surface area contributed by atoms with Crippen molar-refractivity contribution in [1.29, 1.82) is 0 Å². The predicted octanol–water partition coefficient (Wildman–Crippen LogP) is 3.94. The molecule has 1 amide bonds. The molecule has 0 unspecified atom stereocenters. The number of fused-ring (bicyclic) bond motifs is 1. The molecule has 1 fully saturated rings. The van der Waals surface area contributed by atoms with E-state index in [9.17, 15) is 4.79 Å². The van der Waals surface area contributed by atoms with Crippen molar-refractivity contribution in [3.63, 3.8) is 0 Å². The molecule has 5 nitrogen and oxygen atoms in total. The van der Waals surface area contributed by atoms with Crippen LogP contribution in [-0.4, -0.2) is 37.9 Å². The lowest BCUT2D eigenvalue weighted by molar-refractivity contribution is -0.129. The fraction of sp³-hybridized carbons (Fsp3) is 0.381. The number of carbonyl (C=O) groups excluding carboxylic acids is 1. The van der Waals surface area contributed by atoms with Crippen LogP contribution in [0.4, 0.5) is 0 Å². The molecule has 5 rings (SSSR count). The number of hydrogen-bond donors (Lipinski definition) is 0. The second kappa shape index (κ2) is 7.72. The van der Waals surface area contributed by atoms with Crippen molar-refractivity contribution in [2.24, 2.45) is 0 Å². The fourth-order valence-corrected chi connectivity index (χ4v) is 5.35. The average molecular weight is 411 g/mol. The van der Waals surface area contributed by atoms with Gasteiger partial charge in [0.1, 0.15) is 5.82 Å². The number of benzene rings is 1. The standard InChI is InChI=1S/C21H22N4OS2/c26-20(24-10-9-15-4-1-2-5-16(15)13-24)14-28-21-23-22-19(25(21)17-7-8-17)12-18-6-3-11-27-18/h1-6,11,17H,7-10,12-14H2. The van der Waals surface area contributed by atoms with Crippen molar-refractivity contribution in [2.75, 3.05) is 12.3 Å². The molecule has 2 aliphatic rings. The second-order valence-corrected chi connectivity index (χ2v) is 9.35. The molecule has 144 valence electrons. The largest absolute Gasteiger partial charge is 0.337 e. The first-order chi connectivity index (χ1) is 13.8. The topological polar surface area (TPSA) is 51.0 Å². The van der Waals surface area contributed by atoms with Crippen LogP contribution in [0.25, 0.3) is 0 Å². The first-order valence-corrected chi connectivity index (χ1v) is 11.6. The van der Waals surface area contributed by atoms with E-state index in [1.807, 2.05) is 4.90 Å². The van der Waals surface area contributed by atoms with Gasteiger partial charge in [0.2, 0.25) is 5.91 Å². The summed E-state index contributed by atoms with van der Waals surface area (Å²) in [6, 6.07) is 13.1. The zero-order valence-corrected chi connectivity index (χ0v) is 17.2. The molecule has 0 N–H and O–H groups in total. The molecule has 0 saturated heterocycles. The van der Waals surface area contributed by atoms with Gasteiger partial charge in [-0.25, -0.2) is 0 Å². The van der Waals surface area contributed by atoms with E-state index in [2.05, 4.69) is 56.5 Å². The van der Waals surface area contributed by atoms with Crippen LogP contribution >= 0.6 is 23.1 Å². The first kappa shape index (κ1) is 17.9. The Hall–Kier alpha value is -2.12. The van der Waals surface area contributed by atoms with Gasteiger partial charge in [-0.05, 0) is 41.8 Å². The lowest BCUT2D eigenvalue weighted by Gasteiger charge is -2.28. The van der Waals surface area contributed by atoms with Crippen LogP contribution < -0.4 is 0 Å². The van der Waals surface area contributed by atoms with Crippen molar-refractivity contribution >= 4 is 29.0 Å². The van der Waals surface area contributed by atoms with Crippen LogP contribution in [0, 0.1) is 0 Å². The Morgan fingerprint density at radius 3 is 2.79 bits per heavy atom. The summed E-state index contributed by atoms with van der Waals surface area (Å²) in [6.45, 7) is 1.52. The van der Waals surface area contributed by atoms with Gasteiger partial charge in [0.05, 0.1) is 5.75 Å². The van der Waals surface area contributed by atoms with Crippen molar-refractivity contribution in [2.45, 2.75) is 43.4 Å². The first-order valence-electron chi connectivity index (χ1n) is 9.71. The van der Waals surface area contributed by atoms with Gasteiger partial charge in [0, 0.05) is 30.4 Å². The zero-order chi connectivity index (χ0) is 18.9. The van der Waals surface area contributed by atoms with Gasteiger partial charge >= 0.3 is 0 Å². The van der Waals surface area contributed by atoms with E-state index in [0.717, 1.165) is 30.4 Å². The SMILES string of the molecule is O=C(CSc1nnc(Cc2cccs2)n1C1CC1)N1CCc2ccccc2C1. The smallest absolute Gasteiger partial charge is 0.233 e. The molecular weight excluding hydrogens is 388 g/mol. The van der Waals surface area contributed by atoms with Gasteiger partial charge in [-0.1, -0.05) is 42.1 Å². The summed E-state index contributed by atoms with van der Waals surface area (Å²) in [5.74, 6) is 1.63. The lowest BCUT2D eigenvalue weighted by Crippen LogP contribution is -2.37. The van der Waals surface area contributed by atoms with Crippen molar-refractivity contribution in [3.8, 4) is 0 Å². The Kier molecular flexibility index (Phi) is 4.94. The van der Waals surface area contributed by atoms with Crippen LogP contribution in [0.2, 0.25) is 0 Å². The minimum absolute atomic E-state index is 0.185. The summed E-state index contributed by atoms with van der Waals surface area (Å²) in [5.41, 5.74) is 2.64. The third-order valence-corrected chi connectivity index (χ3v) is 7.17. The van der Waals surface area contributed by atoms with Crippen molar-refractivity contribution in [3.05, 3.63) is 63.6 Å². The molecule has 28 heavy (non-hydrogen) atoms. The van der Waals surface area contributed by atoms with Crippen LogP contribution in [0.3, 0.4) is 0 Å². The van der Waals surface area contributed by atoms with Crippen LogP contribution in [0.5, 0.6) is 0 Å². The number of thioether (sulfide) groups is 1. The summed E-state index contributed by atoms with van der Waals surface area (Å²) < 4.78 is 2.27. The molecule has 0 radical (unpaired) electrons. The van der Waals surface area contributed by atoms with Crippen LogP contribution in [0.15, 0.2) is 46.9 Å². The predicted molar refractivity (Wildman–Crippen MR) is 112 cm³/mol. The van der Waals surface area contributed by atoms with Gasteiger partial charge in [-0.2, -0.15) is 0 Å². The molecule has 3 heterocycles. The molecule has 1 aliphatic carbocycles. The monoisotopic (exact) mass is 410 g/mol. The summed E-state index contributed by atoms with van der Waals surface area (Å²) >= 11 is 3.28. The number of aromatic nitrogens is 3.